The van der Waals surface area contributed by atoms with E-state index >= 15 is 0 Å². The monoisotopic (exact) mass is 358 g/mol. The second-order valence-electron chi connectivity index (χ2n) is 5.92. The number of rotatable bonds is 7. The minimum atomic E-state index is -2.88. The molecule has 0 saturated heterocycles. The quantitative estimate of drug-likeness (QED) is 0.661. The van der Waals surface area contributed by atoms with Crippen molar-refractivity contribution in [2.24, 2.45) is 0 Å². The third-order valence-corrected chi connectivity index (χ3v) is 4.29. The lowest BCUT2D eigenvalue weighted by Gasteiger charge is -2.07. The van der Waals surface area contributed by atoms with Crippen LogP contribution in [-0.4, -0.2) is 24.0 Å². The first kappa shape index (κ1) is 17.9. The van der Waals surface area contributed by atoms with Gasteiger partial charge in [-0.3, -0.25) is 4.79 Å². The molecule has 3 rings (SSSR count). The lowest BCUT2D eigenvalue weighted by atomic mass is 10.1. The molecular weight excluding hydrogens is 338 g/mol. The molecule has 0 aliphatic carbocycles. The Hall–Kier alpha value is -2.89. The van der Waals surface area contributed by atoms with E-state index in [0.717, 1.165) is 17.5 Å². The summed E-state index contributed by atoms with van der Waals surface area (Å²) in [5, 5.41) is 4.02. The summed E-state index contributed by atoms with van der Waals surface area (Å²) in [4.78, 5) is 15.5. The van der Waals surface area contributed by atoms with Crippen LogP contribution in [0.25, 0.3) is 10.9 Å². The molecule has 0 atom stereocenters. The number of benzene rings is 2. The van der Waals surface area contributed by atoms with E-state index in [2.05, 4.69) is 34.1 Å². The predicted octanol–water partition coefficient (Wildman–Crippen LogP) is 4.30. The van der Waals surface area contributed by atoms with E-state index in [1.165, 1.54) is 35.2 Å². The van der Waals surface area contributed by atoms with Crippen molar-refractivity contribution < 1.29 is 18.3 Å². The lowest BCUT2D eigenvalue weighted by Crippen LogP contribution is -2.25. The molecule has 0 radical (unpaired) electrons. The largest absolute Gasteiger partial charge is 0.435 e. The number of amides is 1. The fraction of sp³-hybridized carbons (Fsp3) is 0.250. The molecule has 26 heavy (non-hydrogen) atoms. The highest BCUT2D eigenvalue weighted by Gasteiger charge is 2.09. The Labute approximate surface area is 150 Å². The topological polar surface area (TPSA) is 54.1 Å². The van der Waals surface area contributed by atoms with Crippen molar-refractivity contribution >= 4 is 16.8 Å². The van der Waals surface area contributed by atoms with Crippen molar-refractivity contribution in [1.29, 1.82) is 0 Å². The Bertz CT molecular complexity index is 888. The zero-order chi connectivity index (χ0) is 18.5. The van der Waals surface area contributed by atoms with Gasteiger partial charge in [-0.1, -0.05) is 25.1 Å². The molecule has 2 aromatic carbocycles. The van der Waals surface area contributed by atoms with Crippen molar-refractivity contribution in [3.63, 3.8) is 0 Å². The molecule has 0 bridgehead atoms. The van der Waals surface area contributed by atoms with Gasteiger partial charge in [-0.05, 0) is 48.2 Å². The van der Waals surface area contributed by atoms with Crippen molar-refractivity contribution in [2.75, 3.05) is 6.54 Å². The number of nitrogens with one attached hydrogen (secondary N) is 2. The Balaban J connectivity index is 1.59. The van der Waals surface area contributed by atoms with Gasteiger partial charge in [0.1, 0.15) is 5.75 Å². The minimum Gasteiger partial charge on any atom is -0.435 e. The normalized spacial score (nSPS) is 11.1. The third kappa shape index (κ3) is 4.02. The first-order valence-electron chi connectivity index (χ1n) is 8.49. The molecular formula is C20H20F2N2O2. The number of aryl methyl sites for hydroxylation is 1. The molecule has 0 aliphatic heterocycles. The molecule has 0 spiro atoms. The van der Waals surface area contributed by atoms with Gasteiger partial charge in [0.15, 0.2) is 0 Å². The van der Waals surface area contributed by atoms with Gasteiger partial charge in [0, 0.05) is 29.2 Å². The van der Waals surface area contributed by atoms with Crippen molar-refractivity contribution in [1.82, 2.24) is 10.3 Å². The molecule has 1 aromatic heterocycles. The van der Waals surface area contributed by atoms with Gasteiger partial charge in [-0.25, -0.2) is 0 Å². The molecule has 3 aromatic rings. The van der Waals surface area contributed by atoms with E-state index in [-0.39, 0.29) is 11.7 Å². The van der Waals surface area contributed by atoms with E-state index in [4.69, 9.17) is 0 Å². The van der Waals surface area contributed by atoms with Crippen molar-refractivity contribution in [3.05, 3.63) is 65.4 Å². The fourth-order valence-electron chi connectivity index (χ4n) is 2.98. The van der Waals surface area contributed by atoms with Crippen molar-refractivity contribution in [2.45, 2.75) is 26.4 Å². The first-order chi connectivity index (χ1) is 12.6. The molecule has 6 heteroatoms. The summed E-state index contributed by atoms with van der Waals surface area (Å²) in [5.74, 6) is -0.218. The van der Waals surface area contributed by atoms with Gasteiger partial charge >= 0.3 is 6.61 Å². The highest BCUT2D eigenvalue weighted by atomic mass is 19.3. The average Bonchev–Trinajstić information content (AvgIpc) is 3.05. The van der Waals surface area contributed by atoms with E-state index in [1.54, 1.807) is 0 Å². The van der Waals surface area contributed by atoms with E-state index < -0.39 is 6.61 Å². The van der Waals surface area contributed by atoms with Crippen LogP contribution in [0.15, 0.2) is 48.7 Å². The molecule has 1 amide bonds. The summed E-state index contributed by atoms with van der Waals surface area (Å²) in [6, 6.07) is 11.9. The van der Waals surface area contributed by atoms with Gasteiger partial charge in [-0.2, -0.15) is 8.78 Å². The number of fused-ring (bicyclic) bond motifs is 1. The maximum atomic E-state index is 12.2. The van der Waals surface area contributed by atoms with Crippen LogP contribution in [0.5, 0.6) is 5.75 Å². The SMILES string of the molecule is CCc1cccc2c(CCNC(=O)c3ccc(OC(F)F)cc3)c[nH]c12. The average molecular weight is 358 g/mol. The van der Waals surface area contributed by atoms with Crippen LogP contribution in [0.1, 0.15) is 28.4 Å². The van der Waals surface area contributed by atoms with Gasteiger partial charge in [0.2, 0.25) is 0 Å². The number of para-hydroxylation sites is 1. The predicted molar refractivity (Wildman–Crippen MR) is 96.8 cm³/mol. The summed E-state index contributed by atoms with van der Waals surface area (Å²) in [7, 11) is 0. The number of aromatic nitrogens is 1. The number of hydrogen-bond donors (Lipinski definition) is 2. The second-order valence-corrected chi connectivity index (χ2v) is 5.92. The first-order valence-corrected chi connectivity index (χ1v) is 8.49. The molecule has 0 fully saturated rings. The molecule has 0 aliphatic rings. The Morgan fingerprint density at radius 3 is 2.62 bits per heavy atom. The molecule has 136 valence electrons. The van der Waals surface area contributed by atoms with Gasteiger partial charge in [-0.15, -0.1) is 0 Å². The van der Waals surface area contributed by atoms with Crippen LogP contribution in [0.2, 0.25) is 0 Å². The van der Waals surface area contributed by atoms with Gasteiger partial charge in [0.05, 0.1) is 0 Å². The highest BCUT2D eigenvalue weighted by Crippen LogP contribution is 2.22. The molecule has 0 unspecified atom stereocenters. The maximum Gasteiger partial charge on any atom is 0.387 e. The van der Waals surface area contributed by atoms with Crippen LogP contribution in [-0.2, 0) is 12.8 Å². The Morgan fingerprint density at radius 1 is 1.15 bits per heavy atom. The summed E-state index contributed by atoms with van der Waals surface area (Å²) < 4.78 is 28.5. The summed E-state index contributed by atoms with van der Waals surface area (Å²) in [6.45, 7) is -0.274. The zero-order valence-electron chi connectivity index (χ0n) is 14.4. The number of H-pyrrole nitrogens is 1. The van der Waals surface area contributed by atoms with Crippen LogP contribution >= 0.6 is 0 Å². The van der Waals surface area contributed by atoms with E-state index in [1.807, 2.05) is 12.3 Å². The third-order valence-electron chi connectivity index (χ3n) is 4.29. The number of carbonyl (C=O) groups is 1. The second kappa shape index (κ2) is 7.99. The maximum absolute atomic E-state index is 12.2. The summed E-state index contributed by atoms with van der Waals surface area (Å²) in [6.07, 6.45) is 3.64. The lowest BCUT2D eigenvalue weighted by molar-refractivity contribution is -0.0498. The van der Waals surface area contributed by atoms with Crippen LogP contribution in [0.4, 0.5) is 8.78 Å². The van der Waals surface area contributed by atoms with Crippen molar-refractivity contribution in [3.8, 4) is 5.75 Å². The zero-order valence-corrected chi connectivity index (χ0v) is 14.4. The molecule has 0 saturated carbocycles. The van der Waals surface area contributed by atoms with Crippen LogP contribution in [0, 0.1) is 0 Å². The molecule has 2 N–H and O–H groups in total. The smallest absolute Gasteiger partial charge is 0.387 e. The standard InChI is InChI=1S/C20H20F2N2O2/c1-2-13-4-3-5-17-15(12-24-18(13)17)10-11-23-19(25)14-6-8-16(9-7-14)26-20(21)22/h3-9,12,20,24H,2,10-11H2,1H3,(H,23,25). The van der Waals surface area contributed by atoms with Gasteiger partial charge < -0.3 is 15.0 Å². The van der Waals surface area contributed by atoms with Crippen LogP contribution < -0.4 is 10.1 Å². The summed E-state index contributed by atoms with van der Waals surface area (Å²) in [5.41, 5.74) is 3.96. The summed E-state index contributed by atoms with van der Waals surface area (Å²) >= 11 is 0. The fourth-order valence-corrected chi connectivity index (χ4v) is 2.98. The number of halogens is 2. The number of ether oxygens (including phenoxy) is 1. The van der Waals surface area contributed by atoms with Crippen LogP contribution in [0.3, 0.4) is 0 Å². The Morgan fingerprint density at radius 2 is 1.92 bits per heavy atom. The van der Waals surface area contributed by atoms with E-state index in [0.29, 0.717) is 18.5 Å². The Kier molecular flexibility index (Phi) is 5.51. The molecule has 1 heterocycles. The number of aromatic amines is 1. The van der Waals surface area contributed by atoms with Gasteiger partial charge in [0.25, 0.3) is 5.91 Å². The highest BCUT2D eigenvalue weighted by molar-refractivity contribution is 5.94. The minimum absolute atomic E-state index is 0.0297. The number of carbonyl (C=O) groups excluding carboxylic acids is 1. The molecule has 4 nitrogen and oxygen atoms in total. The number of alkyl halides is 2. The number of hydrogen-bond acceptors (Lipinski definition) is 2. The van der Waals surface area contributed by atoms with E-state index in [9.17, 15) is 13.6 Å².